The van der Waals surface area contributed by atoms with Gasteiger partial charge in [0.25, 0.3) is 10.0 Å². The molecule has 15 heteroatoms. The largest absolute Gasteiger partial charge is 0.395 e. The van der Waals surface area contributed by atoms with Crippen LogP contribution < -0.4 is 9.86 Å². The summed E-state index contributed by atoms with van der Waals surface area (Å²) >= 11 is 15.3. The van der Waals surface area contributed by atoms with Gasteiger partial charge in [-0.25, -0.2) is 26.4 Å². The number of rotatable bonds is 9. The molecule has 3 aromatic rings. The predicted molar refractivity (Wildman–Crippen MR) is 162 cm³/mol. The monoisotopic (exact) mass is 708 g/mol. The van der Waals surface area contributed by atoms with E-state index < -0.39 is 25.9 Å². The Kier molecular flexibility index (Phi) is 10.0. The van der Waals surface area contributed by atoms with E-state index in [4.69, 9.17) is 28.3 Å². The molecule has 0 aliphatic carbocycles. The molecule has 222 valence electrons. The van der Waals surface area contributed by atoms with Crippen molar-refractivity contribution < 1.29 is 26.3 Å². The molecule has 41 heavy (non-hydrogen) atoms. The molecule has 0 spiro atoms. The summed E-state index contributed by atoms with van der Waals surface area (Å²) in [5.41, 5.74) is 1.40. The van der Waals surface area contributed by atoms with Gasteiger partial charge in [0.1, 0.15) is 5.82 Å². The maximum atomic E-state index is 14.5. The van der Waals surface area contributed by atoms with Crippen molar-refractivity contribution in [2.75, 3.05) is 44.1 Å². The smallest absolute Gasteiger partial charge is 0.262 e. The maximum absolute atomic E-state index is 14.5. The molecule has 1 saturated heterocycles. The highest BCUT2D eigenvalue weighted by Gasteiger charge is 2.28. The molecule has 4 N–H and O–H groups in total. The molecule has 0 bridgehead atoms. The van der Waals surface area contributed by atoms with Gasteiger partial charge < -0.3 is 5.11 Å². The number of hydrogen-bond acceptors (Lipinski definition) is 7. The summed E-state index contributed by atoms with van der Waals surface area (Å²) in [6.45, 7) is 4.71. The number of anilines is 1. The van der Waals surface area contributed by atoms with E-state index in [9.17, 15) is 26.3 Å². The third-order valence-electron chi connectivity index (χ3n) is 6.77. The van der Waals surface area contributed by atoms with Crippen LogP contribution in [0.3, 0.4) is 0 Å². The van der Waals surface area contributed by atoms with Crippen molar-refractivity contribution in [1.29, 1.82) is 0 Å². The second-order valence-corrected chi connectivity index (χ2v) is 14.6. The molecule has 3 aromatic carbocycles. The van der Waals surface area contributed by atoms with Crippen LogP contribution in [0.2, 0.25) is 10.0 Å². The van der Waals surface area contributed by atoms with Crippen LogP contribution in [-0.4, -0.2) is 71.1 Å². The summed E-state index contributed by atoms with van der Waals surface area (Å²) in [5.74, 6) is -0.536. The summed E-state index contributed by atoms with van der Waals surface area (Å²) in [5, 5.41) is 15.1. The van der Waals surface area contributed by atoms with Crippen LogP contribution in [0.25, 0.3) is 11.1 Å². The third-order valence-corrected chi connectivity index (χ3v) is 10.2. The fraction of sp³-hybridized carbons (Fsp3) is 0.308. The molecular weight excluding hydrogens is 682 g/mol. The number of sulfonamides is 2. The van der Waals surface area contributed by atoms with E-state index in [-0.39, 0.29) is 54.3 Å². The normalized spacial score (nSPS) is 15.3. The molecule has 4 rings (SSSR count). The van der Waals surface area contributed by atoms with Crippen molar-refractivity contribution in [3.05, 3.63) is 73.9 Å². The van der Waals surface area contributed by atoms with Crippen LogP contribution in [-0.2, 0) is 26.6 Å². The Balaban J connectivity index is 1.92. The third kappa shape index (κ3) is 7.59. The summed E-state index contributed by atoms with van der Waals surface area (Å²) in [6.07, 6.45) is 0. The van der Waals surface area contributed by atoms with Crippen molar-refractivity contribution in [3.63, 3.8) is 0 Å². The first-order valence-electron chi connectivity index (χ1n) is 12.4. The van der Waals surface area contributed by atoms with E-state index in [0.717, 1.165) is 0 Å². The molecule has 0 aromatic heterocycles. The zero-order chi connectivity index (χ0) is 30.1. The topological polar surface area (TPSA) is 133 Å². The van der Waals surface area contributed by atoms with Gasteiger partial charge in [-0.3, -0.25) is 14.5 Å². The van der Waals surface area contributed by atoms with Gasteiger partial charge in [0.15, 0.2) is 0 Å². The number of benzene rings is 3. The van der Waals surface area contributed by atoms with E-state index in [0.29, 0.717) is 43.9 Å². The Labute approximate surface area is 257 Å². The zero-order valence-electron chi connectivity index (χ0n) is 21.9. The first-order valence-corrected chi connectivity index (χ1v) is 17.0. The van der Waals surface area contributed by atoms with E-state index >= 15 is 0 Å². The number of aryl methyl sites for hydroxylation is 1. The number of piperazine rings is 1. The first-order chi connectivity index (χ1) is 19.2. The lowest BCUT2D eigenvalue weighted by Gasteiger charge is -2.35. The molecule has 0 radical (unpaired) electrons. The van der Waals surface area contributed by atoms with Crippen LogP contribution in [0.4, 0.5) is 10.1 Å². The number of primary sulfonamides is 1. The van der Waals surface area contributed by atoms with E-state index in [2.05, 4.69) is 25.6 Å². The summed E-state index contributed by atoms with van der Waals surface area (Å²) in [4.78, 5) is 3.72. The van der Waals surface area contributed by atoms with Gasteiger partial charge in [0.05, 0.1) is 26.6 Å². The number of halogens is 4. The second kappa shape index (κ2) is 12.8. The average molecular weight is 710 g/mol. The molecule has 9 nitrogen and oxygen atoms in total. The number of β-amino-alcohol motifs (C(OH)–C–C–N with tert-alkyl or cyclic N) is 1. The summed E-state index contributed by atoms with van der Waals surface area (Å²) in [7, 11) is -8.52. The number of aliphatic hydroxyl groups is 1. The lowest BCUT2D eigenvalue weighted by atomic mass is 9.93. The maximum Gasteiger partial charge on any atom is 0.262 e. The van der Waals surface area contributed by atoms with Crippen molar-refractivity contribution >= 4 is 64.9 Å². The Morgan fingerprint density at radius 3 is 2.20 bits per heavy atom. The van der Waals surface area contributed by atoms with E-state index in [1.165, 1.54) is 42.5 Å². The van der Waals surface area contributed by atoms with Gasteiger partial charge in [-0.1, -0.05) is 23.2 Å². The van der Waals surface area contributed by atoms with E-state index in [1.807, 2.05) is 4.90 Å². The van der Waals surface area contributed by atoms with Crippen LogP contribution in [0.1, 0.15) is 11.1 Å². The number of nitrogens with zero attached hydrogens (tertiary/aromatic N) is 2. The van der Waals surface area contributed by atoms with Crippen LogP contribution >= 0.6 is 39.1 Å². The van der Waals surface area contributed by atoms with Gasteiger partial charge >= 0.3 is 0 Å². The molecular formula is C26H28BrCl2FN4O5S2. The second-order valence-electron chi connectivity index (χ2n) is 9.64. The summed E-state index contributed by atoms with van der Waals surface area (Å²) < 4.78 is 69.7. The number of hydrogen-bond donors (Lipinski definition) is 3. The van der Waals surface area contributed by atoms with Crippen LogP contribution in [0.15, 0.2) is 56.7 Å². The number of aliphatic hydroxyl groups excluding tert-OH is 1. The quantitative estimate of drug-likeness (QED) is 0.300. The lowest BCUT2D eigenvalue weighted by molar-refractivity contribution is 0.108. The molecule has 0 atom stereocenters. The SMILES string of the molecule is Cc1cc(F)c(Br)cc1-c1c(NS(=O)(=O)c2cc(Cl)cc(Cl)c2)ccc(S(N)(=O)=O)c1CN1CCN(CCO)CC1. The fourth-order valence-corrected chi connectivity index (χ4v) is 7.69. The standard InChI is InChI=1S/C26H28BrCl2FN4O5S2/c1-16-10-23(30)22(27)14-20(16)26-21(15-34-6-4-33(5-7-34)8-9-35)25(40(31,36)37)3-2-24(26)32-41(38,39)19-12-17(28)11-18(29)13-19/h2-3,10-14,32,35H,4-9,15H2,1H3,(H2,31,36,37). The molecule has 0 unspecified atom stereocenters. The summed E-state index contributed by atoms with van der Waals surface area (Å²) in [6, 6.07) is 9.19. The molecule has 1 fully saturated rings. The molecule has 1 aliphatic heterocycles. The predicted octanol–water partition coefficient (Wildman–Crippen LogP) is 4.43. The lowest BCUT2D eigenvalue weighted by Crippen LogP contribution is -2.46. The van der Waals surface area contributed by atoms with Gasteiger partial charge in [0.2, 0.25) is 10.0 Å². The molecule has 1 heterocycles. The van der Waals surface area contributed by atoms with Gasteiger partial charge in [-0.05, 0) is 82.0 Å². The van der Waals surface area contributed by atoms with Crippen molar-refractivity contribution in [2.24, 2.45) is 5.14 Å². The Morgan fingerprint density at radius 2 is 1.61 bits per heavy atom. The highest BCUT2D eigenvalue weighted by molar-refractivity contribution is 9.10. The minimum absolute atomic E-state index is 0.0263. The van der Waals surface area contributed by atoms with Crippen molar-refractivity contribution in [2.45, 2.75) is 23.3 Å². The minimum Gasteiger partial charge on any atom is -0.395 e. The number of nitrogens with one attached hydrogen (secondary N) is 1. The van der Waals surface area contributed by atoms with Crippen LogP contribution in [0, 0.1) is 12.7 Å². The van der Waals surface area contributed by atoms with Gasteiger partial charge in [-0.2, -0.15) is 0 Å². The zero-order valence-corrected chi connectivity index (χ0v) is 26.6. The van der Waals surface area contributed by atoms with Crippen molar-refractivity contribution in [1.82, 2.24) is 9.80 Å². The van der Waals surface area contributed by atoms with E-state index in [1.54, 1.807) is 6.92 Å². The van der Waals surface area contributed by atoms with Crippen LogP contribution in [0.5, 0.6) is 0 Å². The molecule has 0 amide bonds. The minimum atomic E-state index is -4.26. The Hall–Kier alpha value is -1.81. The highest BCUT2D eigenvalue weighted by atomic mass is 79.9. The van der Waals surface area contributed by atoms with Crippen molar-refractivity contribution in [3.8, 4) is 11.1 Å². The average Bonchev–Trinajstić information content (AvgIpc) is 2.86. The Bertz CT molecular complexity index is 1670. The van der Waals surface area contributed by atoms with Gasteiger partial charge in [0, 0.05) is 54.9 Å². The molecule has 0 saturated carbocycles. The Morgan fingerprint density at radius 1 is 1.00 bits per heavy atom. The highest BCUT2D eigenvalue weighted by Crippen LogP contribution is 2.41. The fourth-order valence-electron chi connectivity index (χ4n) is 4.78. The van der Waals surface area contributed by atoms with Gasteiger partial charge in [-0.15, -0.1) is 0 Å². The molecule has 1 aliphatic rings. The number of nitrogens with two attached hydrogens (primary N) is 1. The first kappa shape index (κ1) is 32.1.